The normalized spacial score (nSPS) is 12.4. The van der Waals surface area contributed by atoms with Gasteiger partial charge in [-0.1, -0.05) is 0 Å². The van der Waals surface area contributed by atoms with Gasteiger partial charge in [0.05, 0.1) is 11.4 Å². The van der Waals surface area contributed by atoms with E-state index < -0.39 is 52.0 Å². The summed E-state index contributed by atoms with van der Waals surface area (Å²) < 4.78 is 73.5. The first-order valence-electron chi connectivity index (χ1n) is 5.15. The molecule has 0 spiro atoms. The van der Waals surface area contributed by atoms with Crippen molar-refractivity contribution in [2.45, 2.75) is 19.0 Å². The van der Waals surface area contributed by atoms with Crippen LogP contribution in [0.4, 0.5) is 23.2 Å². The minimum Gasteiger partial charge on any atom is -0.508 e. The lowest BCUT2D eigenvalue weighted by molar-refractivity contribution is -0.134. The molecule has 0 atom stereocenters. The molecule has 0 amide bonds. The summed E-state index contributed by atoms with van der Waals surface area (Å²) in [6.45, 7) is 0. The molecule has 19 heavy (non-hydrogen) atoms. The van der Waals surface area contributed by atoms with E-state index in [-0.39, 0.29) is 0 Å². The lowest BCUT2D eigenvalue weighted by Crippen LogP contribution is -2.19. The number of hydrogen-bond donors (Lipinski definition) is 2. The average molecular weight is 301 g/mol. The number of phenolic OH excluding ortho intramolecular Hbond substituents is 1. The third-order valence-corrected chi connectivity index (χ3v) is 3.45. The molecular formula is C10H11F4NO3S. The molecule has 1 rings (SSSR count). The fraction of sp³-hybridized carbons (Fsp3) is 0.400. The van der Waals surface area contributed by atoms with Gasteiger partial charge >= 0.3 is 6.18 Å². The Morgan fingerprint density at radius 2 is 1.89 bits per heavy atom. The molecular weight excluding hydrogens is 290 g/mol. The van der Waals surface area contributed by atoms with Crippen molar-refractivity contribution in [1.82, 2.24) is 0 Å². The summed E-state index contributed by atoms with van der Waals surface area (Å²) in [6.07, 6.45) is -6.27. The second-order valence-electron chi connectivity index (χ2n) is 3.80. The molecule has 0 aliphatic heterocycles. The lowest BCUT2D eigenvalue weighted by Gasteiger charge is -2.10. The summed E-state index contributed by atoms with van der Waals surface area (Å²) in [4.78, 5) is 0. The van der Waals surface area contributed by atoms with Gasteiger partial charge in [0, 0.05) is 12.5 Å². The Morgan fingerprint density at radius 1 is 1.26 bits per heavy atom. The minimum absolute atomic E-state index is 0.391. The first-order valence-corrected chi connectivity index (χ1v) is 6.80. The Morgan fingerprint density at radius 3 is 2.42 bits per heavy atom. The van der Waals surface area contributed by atoms with Gasteiger partial charge in [0.15, 0.2) is 5.82 Å². The summed E-state index contributed by atoms with van der Waals surface area (Å²) in [5.41, 5.74) is -0.426. The maximum atomic E-state index is 13.2. The second kappa shape index (κ2) is 5.64. The van der Waals surface area contributed by atoms with Crippen LogP contribution in [0.3, 0.4) is 0 Å². The molecule has 0 unspecified atom stereocenters. The lowest BCUT2D eigenvalue weighted by atomic mass is 10.3. The molecule has 2 N–H and O–H groups in total. The highest BCUT2D eigenvalue weighted by atomic mass is 32.2. The van der Waals surface area contributed by atoms with Gasteiger partial charge in [0.2, 0.25) is 10.0 Å². The summed E-state index contributed by atoms with van der Waals surface area (Å²) >= 11 is 0. The Bertz CT molecular complexity index is 542. The highest BCUT2D eigenvalue weighted by Crippen LogP contribution is 2.23. The first-order chi connectivity index (χ1) is 8.59. The zero-order valence-electron chi connectivity index (χ0n) is 9.54. The molecule has 0 saturated carbocycles. The highest BCUT2D eigenvalue weighted by molar-refractivity contribution is 7.92. The quantitative estimate of drug-likeness (QED) is 0.649. The fourth-order valence-electron chi connectivity index (χ4n) is 1.27. The number of rotatable bonds is 5. The monoisotopic (exact) mass is 301 g/mol. The molecule has 4 nitrogen and oxygen atoms in total. The molecule has 1 aromatic carbocycles. The molecule has 0 fully saturated rings. The molecule has 0 aliphatic rings. The van der Waals surface area contributed by atoms with Crippen molar-refractivity contribution in [3.8, 4) is 5.75 Å². The number of nitrogens with one attached hydrogen (secondary N) is 1. The summed E-state index contributed by atoms with van der Waals surface area (Å²) in [6, 6.07) is 2.72. The van der Waals surface area contributed by atoms with E-state index in [9.17, 15) is 26.0 Å². The van der Waals surface area contributed by atoms with Gasteiger partial charge in [-0.05, 0) is 18.6 Å². The molecule has 0 bridgehead atoms. The Kier molecular flexibility index (Phi) is 4.61. The first kappa shape index (κ1) is 15.5. The van der Waals surface area contributed by atoms with Crippen LogP contribution < -0.4 is 4.72 Å². The topological polar surface area (TPSA) is 66.4 Å². The number of phenols is 1. The van der Waals surface area contributed by atoms with Crippen LogP contribution in [-0.2, 0) is 10.0 Å². The smallest absolute Gasteiger partial charge is 0.389 e. The van der Waals surface area contributed by atoms with Crippen molar-refractivity contribution >= 4 is 15.7 Å². The minimum atomic E-state index is -4.43. The third-order valence-electron chi connectivity index (χ3n) is 2.09. The van der Waals surface area contributed by atoms with Gasteiger partial charge in [-0.3, -0.25) is 4.72 Å². The zero-order chi connectivity index (χ0) is 14.7. The van der Waals surface area contributed by atoms with Gasteiger partial charge in [-0.15, -0.1) is 0 Å². The number of aromatic hydroxyl groups is 1. The van der Waals surface area contributed by atoms with Crippen molar-refractivity contribution in [3.05, 3.63) is 24.0 Å². The molecule has 1 aromatic rings. The maximum absolute atomic E-state index is 13.2. The number of alkyl halides is 3. The van der Waals surface area contributed by atoms with Crippen molar-refractivity contribution in [2.24, 2.45) is 0 Å². The molecule has 0 aliphatic carbocycles. The molecule has 0 radical (unpaired) electrons. The van der Waals surface area contributed by atoms with Crippen LogP contribution in [0.5, 0.6) is 5.75 Å². The van der Waals surface area contributed by atoms with Crippen molar-refractivity contribution in [1.29, 1.82) is 0 Å². The van der Waals surface area contributed by atoms with Crippen molar-refractivity contribution in [2.75, 3.05) is 10.5 Å². The summed E-state index contributed by atoms with van der Waals surface area (Å²) in [5.74, 6) is -2.18. The van der Waals surface area contributed by atoms with E-state index in [1.807, 2.05) is 4.72 Å². The Labute approximate surface area is 107 Å². The molecule has 9 heteroatoms. The Balaban J connectivity index is 2.64. The van der Waals surface area contributed by atoms with E-state index in [4.69, 9.17) is 5.11 Å². The molecule has 0 heterocycles. The SMILES string of the molecule is O=S(=O)(CCCC(F)(F)F)Nc1ccc(O)cc1F. The molecule has 0 saturated heterocycles. The predicted octanol–water partition coefficient (Wildman–Crippen LogP) is 2.62. The Hall–Kier alpha value is -1.51. The van der Waals surface area contributed by atoms with Crippen LogP contribution in [0.25, 0.3) is 0 Å². The maximum Gasteiger partial charge on any atom is 0.389 e. The summed E-state index contributed by atoms with van der Waals surface area (Å²) in [5, 5.41) is 8.92. The van der Waals surface area contributed by atoms with Gasteiger partial charge < -0.3 is 5.11 Å². The largest absolute Gasteiger partial charge is 0.508 e. The second-order valence-corrected chi connectivity index (χ2v) is 5.65. The van der Waals surface area contributed by atoms with Gasteiger partial charge in [0.25, 0.3) is 0 Å². The number of anilines is 1. The average Bonchev–Trinajstić information content (AvgIpc) is 2.20. The van der Waals surface area contributed by atoms with Crippen LogP contribution in [0.15, 0.2) is 18.2 Å². The fourth-order valence-corrected chi connectivity index (χ4v) is 2.40. The number of hydrogen-bond acceptors (Lipinski definition) is 3. The third kappa shape index (κ3) is 5.77. The van der Waals surface area contributed by atoms with Crippen LogP contribution in [0, 0.1) is 5.82 Å². The van der Waals surface area contributed by atoms with E-state index in [0.29, 0.717) is 6.07 Å². The number of sulfonamides is 1. The van der Waals surface area contributed by atoms with E-state index in [1.165, 1.54) is 0 Å². The zero-order valence-corrected chi connectivity index (χ0v) is 10.4. The summed E-state index contributed by atoms with van der Waals surface area (Å²) in [7, 11) is -4.06. The standard InChI is InChI=1S/C10H11F4NO3S/c11-8-6-7(16)2-3-9(8)15-19(17,18)5-1-4-10(12,13)14/h2-3,6,15-16H,1,4-5H2. The van der Waals surface area contributed by atoms with E-state index in [2.05, 4.69) is 0 Å². The number of benzene rings is 1. The van der Waals surface area contributed by atoms with E-state index in [1.54, 1.807) is 0 Å². The number of halogens is 4. The van der Waals surface area contributed by atoms with Crippen LogP contribution >= 0.6 is 0 Å². The highest BCUT2D eigenvalue weighted by Gasteiger charge is 2.27. The molecule has 0 aromatic heterocycles. The predicted molar refractivity (Wildman–Crippen MR) is 60.8 cm³/mol. The van der Waals surface area contributed by atoms with E-state index in [0.717, 1.165) is 12.1 Å². The van der Waals surface area contributed by atoms with Crippen LogP contribution in [-0.4, -0.2) is 25.5 Å². The van der Waals surface area contributed by atoms with Crippen LogP contribution in [0.2, 0.25) is 0 Å². The van der Waals surface area contributed by atoms with Gasteiger partial charge in [0.1, 0.15) is 5.75 Å². The van der Waals surface area contributed by atoms with Crippen molar-refractivity contribution < 1.29 is 31.1 Å². The molecule has 108 valence electrons. The van der Waals surface area contributed by atoms with E-state index >= 15 is 0 Å². The van der Waals surface area contributed by atoms with Crippen molar-refractivity contribution in [3.63, 3.8) is 0 Å². The van der Waals surface area contributed by atoms with Gasteiger partial charge in [-0.2, -0.15) is 13.2 Å². The van der Waals surface area contributed by atoms with Gasteiger partial charge in [-0.25, -0.2) is 12.8 Å². The van der Waals surface area contributed by atoms with Crippen LogP contribution in [0.1, 0.15) is 12.8 Å².